The highest BCUT2D eigenvalue weighted by Crippen LogP contribution is 2.16. The highest BCUT2D eigenvalue weighted by atomic mass is 79.9. The molecule has 2 heteroatoms. The van der Waals surface area contributed by atoms with Gasteiger partial charge < -0.3 is 4.74 Å². The van der Waals surface area contributed by atoms with Crippen molar-refractivity contribution in [1.82, 2.24) is 0 Å². The van der Waals surface area contributed by atoms with E-state index in [1.54, 1.807) is 0 Å². The van der Waals surface area contributed by atoms with Gasteiger partial charge in [0.15, 0.2) is 0 Å². The first-order chi connectivity index (χ1) is 7.33. The topological polar surface area (TPSA) is 9.23 Å². The number of rotatable bonds is 7. The number of benzene rings is 1. The number of ether oxygens (including phenoxy) is 1. The minimum Gasteiger partial charge on any atom is -0.494 e. The third kappa shape index (κ3) is 5.63. The molecule has 0 fully saturated rings. The van der Waals surface area contributed by atoms with Gasteiger partial charge in [-0.25, -0.2) is 0 Å². The van der Waals surface area contributed by atoms with Gasteiger partial charge in [0.25, 0.3) is 0 Å². The van der Waals surface area contributed by atoms with Crippen molar-refractivity contribution in [2.75, 3.05) is 6.61 Å². The van der Waals surface area contributed by atoms with Crippen molar-refractivity contribution >= 4 is 15.9 Å². The predicted molar refractivity (Wildman–Crippen MR) is 68.3 cm³/mol. The molecule has 0 aromatic heterocycles. The number of allylic oxidation sites excluding steroid dienone is 1. The Hall–Kier alpha value is -0.760. The van der Waals surface area contributed by atoms with Gasteiger partial charge in [0.1, 0.15) is 5.75 Å². The normalized spacial score (nSPS) is 9.93. The Bertz CT molecular complexity index is 279. The predicted octanol–water partition coefficient (Wildman–Crippen LogP) is 4.57. The van der Waals surface area contributed by atoms with Gasteiger partial charge in [0.05, 0.1) is 6.61 Å². The van der Waals surface area contributed by atoms with Gasteiger partial charge in [-0.1, -0.05) is 22.0 Å². The van der Waals surface area contributed by atoms with Crippen LogP contribution in [-0.4, -0.2) is 6.61 Å². The third-order valence-corrected chi connectivity index (χ3v) is 2.66. The number of hydrogen-bond donors (Lipinski definition) is 0. The number of unbranched alkanes of at least 4 members (excludes halogenated alkanes) is 3. The molecular formula is C13H17BrO. The molecule has 82 valence electrons. The lowest BCUT2D eigenvalue weighted by Gasteiger charge is -2.05. The van der Waals surface area contributed by atoms with E-state index in [0.29, 0.717) is 0 Å². The minimum absolute atomic E-state index is 0.804. The van der Waals surface area contributed by atoms with E-state index in [-0.39, 0.29) is 0 Å². The Labute approximate surface area is 100 Å². The van der Waals surface area contributed by atoms with Crippen LogP contribution in [0, 0.1) is 0 Å². The molecule has 0 unspecified atom stereocenters. The first-order valence-corrected chi connectivity index (χ1v) is 6.11. The summed E-state index contributed by atoms with van der Waals surface area (Å²) in [4.78, 5) is 0. The molecule has 1 aromatic rings. The van der Waals surface area contributed by atoms with Crippen LogP contribution in [0.3, 0.4) is 0 Å². The SMILES string of the molecule is C=CCCCCCOc1ccc(Br)cc1. The molecule has 0 aliphatic carbocycles. The van der Waals surface area contributed by atoms with E-state index in [0.717, 1.165) is 29.7 Å². The second-order valence-electron chi connectivity index (χ2n) is 3.44. The summed E-state index contributed by atoms with van der Waals surface area (Å²) in [7, 11) is 0. The highest BCUT2D eigenvalue weighted by molar-refractivity contribution is 9.10. The van der Waals surface area contributed by atoms with E-state index < -0.39 is 0 Å². The van der Waals surface area contributed by atoms with E-state index in [9.17, 15) is 0 Å². The monoisotopic (exact) mass is 268 g/mol. The average molecular weight is 269 g/mol. The smallest absolute Gasteiger partial charge is 0.119 e. The van der Waals surface area contributed by atoms with Crippen molar-refractivity contribution < 1.29 is 4.74 Å². The van der Waals surface area contributed by atoms with Crippen LogP contribution < -0.4 is 4.74 Å². The van der Waals surface area contributed by atoms with Crippen molar-refractivity contribution in [3.05, 3.63) is 41.4 Å². The first-order valence-electron chi connectivity index (χ1n) is 5.32. The van der Waals surface area contributed by atoms with Crippen molar-refractivity contribution in [2.24, 2.45) is 0 Å². The Balaban J connectivity index is 2.09. The van der Waals surface area contributed by atoms with Crippen LogP contribution in [0.5, 0.6) is 5.75 Å². The molecule has 1 rings (SSSR count). The Morgan fingerprint density at radius 1 is 1.13 bits per heavy atom. The van der Waals surface area contributed by atoms with Gasteiger partial charge in [-0.05, 0) is 49.9 Å². The molecule has 0 aliphatic rings. The minimum atomic E-state index is 0.804. The van der Waals surface area contributed by atoms with Crippen LogP contribution in [0.2, 0.25) is 0 Å². The Morgan fingerprint density at radius 3 is 2.53 bits per heavy atom. The zero-order chi connectivity index (χ0) is 10.9. The maximum absolute atomic E-state index is 5.59. The zero-order valence-electron chi connectivity index (χ0n) is 8.92. The van der Waals surface area contributed by atoms with Crippen LogP contribution in [-0.2, 0) is 0 Å². The van der Waals surface area contributed by atoms with Crippen molar-refractivity contribution in [3.8, 4) is 5.75 Å². The number of halogens is 1. The van der Waals surface area contributed by atoms with E-state index in [2.05, 4.69) is 22.5 Å². The molecule has 0 amide bonds. The van der Waals surface area contributed by atoms with Crippen LogP contribution >= 0.6 is 15.9 Å². The summed E-state index contributed by atoms with van der Waals surface area (Å²) in [5.41, 5.74) is 0. The lowest BCUT2D eigenvalue weighted by atomic mass is 10.2. The average Bonchev–Trinajstić information content (AvgIpc) is 2.26. The molecule has 0 aliphatic heterocycles. The summed E-state index contributed by atoms with van der Waals surface area (Å²) in [6.07, 6.45) is 6.62. The van der Waals surface area contributed by atoms with E-state index in [1.165, 1.54) is 12.8 Å². The summed E-state index contributed by atoms with van der Waals surface area (Å²) in [6, 6.07) is 7.95. The summed E-state index contributed by atoms with van der Waals surface area (Å²) in [5.74, 6) is 0.946. The van der Waals surface area contributed by atoms with E-state index >= 15 is 0 Å². The van der Waals surface area contributed by atoms with E-state index in [1.807, 2.05) is 30.3 Å². The molecule has 0 spiro atoms. The summed E-state index contributed by atoms with van der Waals surface area (Å²) in [6.45, 7) is 4.50. The third-order valence-electron chi connectivity index (χ3n) is 2.13. The molecular weight excluding hydrogens is 252 g/mol. The van der Waals surface area contributed by atoms with Crippen LogP contribution in [0.4, 0.5) is 0 Å². The largest absolute Gasteiger partial charge is 0.494 e. The lowest BCUT2D eigenvalue weighted by molar-refractivity contribution is 0.305. The molecule has 1 aromatic carbocycles. The second-order valence-corrected chi connectivity index (χ2v) is 4.36. The highest BCUT2D eigenvalue weighted by Gasteiger charge is 1.93. The maximum Gasteiger partial charge on any atom is 0.119 e. The van der Waals surface area contributed by atoms with Crippen LogP contribution in [0.25, 0.3) is 0 Å². The van der Waals surface area contributed by atoms with Crippen molar-refractivity contribution in [3.63, 3.8) is 0 Å². The molecule has 0 bridgehead atoms. The molecule has 15 heavy (non-hydrogen) atoms. The van der Waals surface area contributed by atoms with Gasteiger partial charge >= 0.3 is 0 Å². The quantitative estimate of drug-likeness (QED) is 0.520. The molecule has 0 saturated carbocycles. The van der Waals surface area contributed by atoms with Gasteiger partial charge in [-0.15, -0.1) is 6.58 Å². The summed E-state index contributed by atoms with van der Waals surface area (Å²) in [5, 5.41) is 0. The maximum atomic E-state index is 5.59. The van der Waals surface area contributed by atoms with Crippen LogP contribution in [0.15, 0.2) is 41.4 Å². The lowest BCUT2D eigenvalue weighted by Crippen LogP contribution is -1.96. The fraction of sp³-hybridized carbons (Fsp3) is 0.385. The second kappa shape index (κ2) is 7.52. The Morgan fingerprint density at radius 2 is 1.87 bits per heavy atom. The van der Waals surface area contributed by atoms with Crippen LogP contribution in [0.1, 0.15) is 25.7 Å². The molecule has 0 radical (unpaired) electrons. The first kappa shape index (κ1) is 12.3. The fourth-order valence-electron chi connectivity index (χ4n) is 1.29. The molecule has 0 N–H and O–H groups in total. The van der Waals surface area contributed by atoms with Gasteiger partial charge in [0, 0.05) is 4.47 Å². The molecule has 0 saturated heterocycles. The van der Waals surface area contributed by atoms with Gasteiger partial charge in [0.2, 0.25) is 0 Å². The molecule has 0 heterocycles. The van der Waals surface area contributed by atoms with Gasteiger partial charge in [-0.2, -0.15) is 0 Å². The van der Waals surface area contributed by atoms with Crippen molar-refractivity contribution in [1.29, 1.82) is 0 Å². The Kier molecular flexibility index (Phi) is 6.17. The van der Waals surface area contributed by atoms with E-state index in [4.69, 9.17) is 4.74 Å². The van der Waals surface area contributed by atoms with Gasteiger partial charge in [-0.3, -0.25) is 0 Å². The fourth-order valence-corrected chi connectivity index (χ4v) is 1.55. The van der Waals surface area contributed by atoms with Crippen molar-refractivity contribution in [2.45, 2.75) is 25.7 Å². The summed E-state index contributed by atoms with van der Waals surface area (Å²) < 4.78 is 6.68. The molecule has 1 nitrogen and oxygen atoms in total. The standard InChI is InChI=1S/C13H17BrO/c1-2-3-4-5-6-11-15-13-9-7-12(14)8-10-13/h2,7-10H,1,3-6,11H2. The summed E-state index contributed by atoms with van der Waals surface area (Å²) >= 11 is 3.39. The number of hydrogen-bond acceptors (Lipinski definition) is 1. The zero-order valence-corrected chi connectivity index (χ0v) is 10.5. The molecule has 0 atom stereocenters.